The third-order valence-electron chi connectivity index (χ3n) is 6.86. The molecule has 0 aromatic heterocycles. The van der Waals surface area contributed by atoms with Crippen LogP contribution >= 0.6 is 11.8 Å². The second-order valence-electron chi connectivity index (χ2n) is 9.81. The minimum Gasteiger partial charge on any atom is -0.383 e. The number of likely N-dealkylation sites (tertiary alicyclic amines) is 1. The molecule has 0 radical (unpaired) electrons. The highest BCUT2D eigenvalue weighted by molar-refractivity contribution is 8.00. The average molecular weight is 548 g/mol. The largest absolute Gasteiger partial charge is 0.446 e. The van der Waals surface area contributed by atoms with Crippen LogP contribution in [0.2, 0.25) is 0 Å². The number of thioether (sulfide) groups is 1. The van der Waals surface area contributed by atoms with Crippen molar-refractivity contribution in [2.24, 2.45) is 5.92 Å². The Morgan fingerprint density at radius 1 is 1.13 bits per heavy atom. The zero-order valence-corrected chi connectivity index (χ0v) is 22.5. The number of methoxy groups -OCH3 is 1. The second-order valence-corrected chi connectivity index (χ2v) is 10.9. The Hall–Kier alpha value is -2.98. The maximum atomic E-state index is 12.8. The summed E-state index contributed by atoms with van der Waals surface area (Å²) in [6, 6.07) is 9.81. The number of nitrogens with zero attached hydrogens (tertiary/aromatic N) is 2. The number of hydrogen-bond donors (Lipinski definition) is 1. The third-order valence-corrected chi connectivity index (χ3v) is 7.60. The number of rotatable bonds is 8. The number of aryl methyl sites for hydroxylation is 1. The van der Waals surface area contributed by atoms with Gasteiger partial charge in [0.15, 0.2) is 0 Å². The number of ether oxygens (including phenoxy) is 1. The minimum atomic E-state index is -4.35. The van der Waals surface area contributed by atoms with Crippen LogP contribution in [0, 0.1) is 12.8 Å². The molecule has 2 aliphatic heterocycles. The molecule has 1 saturated heterocycles. The number of benzene rings is 2. The van der Waals surface area contributed by atoms with Gasteiger partial charge in [-0.15, -0.1) is 0 Å². The molecule has 0 saturated carbocycles. The van der Waals surface area contributed by atoms with Gasteiger partial charge in [0.1, 0.15) is 0 Å². The zero-order chi connectivity index (χ0) is 27.4. The van der Waals surface area contributed by atoms with Gasteiger partial charge in [0, 0.05) is 67.5 Å². The standard InChI is InChI=1S/C28H32F3N3O3S/c1-18-12-22-5-4-19(2)33(17-23(22)13-25(18)26(35)32-10-11-37-3)14-20-15-34(16-20)27(36)21-6-8-24(9-7-21)38-28(29,30)31/h5-9,12-13,17,19-20H,4,10-11,14-16H2,1-3H3,(H,32,35). The van der Waals surface area contributed by atoms with Crippen molar-refractivity contribution in [2.75, 3.05) is 39.9 Å². The first-order chi connectivity index (χ1) is 18.0. The molecule has 38 heavy (non-hydrogen) atoms. The number of halogens is 3. The van der Waals surface area contributed by atoms with E-state index in [0.29, 0.717) is 37.4 Å². The fourth-order valence-corrected chi connectivity index (χ4v) is 5.28. The van der Waals surface area contributed by atoms with Crippen molar-refractivity contribution in [3.8, 4) is 0 Å². The van der Waals surface area contributed by atoms with E-state index in [4.69, 9.17) is 4.74 Å². The Morgan fingerprint density at radius 3 is 2.50 bits per heavy atom. The van der Waals surface area contributed by atoms with Gasteiger partial charge in [0.25, 0.3) is 11.8 Å². The molecular formula is C28H32F3N3O3S. The summed E-state index contributed by atoms with van der Waals surface area (Å²) < 4.78 is 42.7. The van der Waals surface area contributed by atoms with E-state index in [1.165, 1.54) is 24.3 Å². The predicted molar refractivity (Wildman–Crippen MR) is 142 cm³/mol. The Labute approximate surface area is 224 Å². The summed E-state index contributed by atoms with van der Waals surface area (Å²) in [5.41, 5.74) is -2.41. The second kappa shape index (κ2) is 11.8. The van der Waals surface area contributed by atoms with Gasteiger partial charge in [-0.2, -0.15) is 13.2 Å². The van der Waals surface area contributed by atoms with Crippen LogP contribution in [0.15, 0.2) is 41.3 Å². The lowest BCUT2D eigenvalue weighted by atomic mass is 9.97. The fraction of sp³-hybridized carbons (Fsp3) is 0.429. The van der Waals surface area contributed by atoms with E-state index in [1.54, 1.807) is 12.0 Å². The summed E-state index contributed by atoms with van der Waals surface area (Å²) in [4.78, 5) is 29.6. The summed E-state index contributed by atoms with van der Waals surface area (Å²) in [5.74, 6) is -0.0183. The first-order valence-electron chi connectivity index (χ1n) is 12.5. The van der Waals surface area contributed by atoms with Crippen molar-refractivity contribution in [1.29, 1.82) is 0 Å². The molecule has 2 aromatic carbocycles. The Bertz CT molecular complexity index is 1290. The van der Waals surface area contributed by atoms with Crippen molar-refractivity contribution in [3.63, 3.8) is 0 Å². The molecule has 1 atom stereocenters. The highest BCUT2D eigenvalue weighted by Crippen LogP contribution is 2.36. The SMILES string of the molecule is COCCNC(=O)c1cc2c(cc1C)=CCC(C)N(CC1CN(C(=O)c3ccc(SC(F)(F)F)cc3)C1)C=2. The Balaban J connectivity index is 1.40. The smallest absolute Gasteiger partial charge is 0.383 e. The molecule has 2 amide bonds. The number of alkyl halides is 3. The zero-order valence-electron chi connectivity index (χ0n) is 21.7. The van der Waals surface area contributed by atoms with Gasteiger partial charge in [0.2, 0.25) is 0 Å². The first-order valence-corrected chi connectivity index (χ1v) is 13.4. The topological polar surface area (TPSA) is 61.9 Å². The molecule has 0 bridgehead atoms. The normalized spacial score (nSPS) is 17.6. The van der Waals surface area contributed by atoms with Crippen molar-refractivity contribution >= 4 is 35.9 Å². The van der Waals surface area contributed by atoms with Crippen LogP contribution < -0.4 is 15.8 Å². The fourth-order valence-electron chi connectivity index (χ4n) is 4.74. The van der Waals surface area contributed by atoms with Gasteiger partial charge in [-0.25, -0.2) is 0 Å². The molecule has 2 aliphatic rings. The van der Waals surface area contributed by atoms with Crippen LogP contribution in [-0.4, -0.2) is 73.1 Å². The lowest BCUT2D eigenvalue weighted by molar-refractivity contribution is -0.0328. The molecule has 204 valence electrons. The Kier molecular flexibility index (Phi) is 8.72. The van der Waals surface area contributed by atoms with Crippen molar-refractivity contribution in [2.45, 2.75) is 36.7 Å². The minimum absolute atomic E-state index is 0.0594. The van der Waals surface area contributed by atoms with Crippen LogP contribution in [-0.2, 0) is 4.74 Å². The summed E-state index contributed by atoms with van der Waals surface area (Å²) in [5, 5.41) is 4.97. The highest BCUT2D eigenvalue weighted by atomic mass is 32.2. The summed E-state index contributed by atoms with van der Waals surface area (Å²) >= 11 is -0.190. The number of amides is 2. The number of nitrogens with one attached hydrogen (secondary N) is 1. The molecule has 4 rings (SSSR count). The average Bonchev–Trinajstić information content (AvgIpc) is 2.98. The van der Waals surface area contributed by atoms with E-state index in [1.807, 2.05) is 13.0 Å². The van der Waals surface area contributed by atoms with Crippen LogP contribution in [0.25, 0.3) is 12.3 Å². The molecule has 1 unspecified atom stereocenters. The van der Waals surface area contributed by atoms with E-state index in [9.17, 15) is 22.8 Å². The third kappa shape index (κ3) is 6.91. The maximum Gasteiger partial charge on any atom is 0.446 e. The number of fused-ring (bicyclic) bond motifs is 1. The predicted octanol–water partition coefficient (Wildman–Crippen LogP) is 3.37. The van der Waals surface area contributed by atoms with Crippen LogP contribution in [0.4, 0.5) is 13.2 Å². The van der Waals surface area contributed by atoms with E-state index in [-0.39, 0.29) is 40.4 Å². The summed E-state index contributed by atoms with van der Waals surface area (Å²) in [7, 11) is 1.59. The first kappa shape index (κ1) is 28.0. The maximum absolute atomic E-state index is 12.8. The van der Waals surface area contributed by atoms with E-state index < -0.39 is 5.51 Å². The quantitative estimate of drug-likeness (QED) is 0.406. The van der Waals surface area contributed by atoms with Crippen LogP contribution in [0.3, 0.4) is 0 Å². The van der Waals surface area contributed by atoms with E-state index in [2.05, 4.69) is 35.5 Å². The van der Waals surface area contributed by atoms with Gasteiger partial charge in [-0.1, -0.05) is 12.1 Å². The molecule has 1 fully saturated rings. The molecule has 10 heteroatoms. The van der Waals surface area contributed by atoms with Crippen molar-refractivity contribution in [3.05, 3.63) is 63.5 Å². The number of carbonyl (C=O) groups is 2. The molecule has 1 N–H and O–H groups in total. The van der Waals surface area contributed by atoms with Crippen LogP contribution in [0.5, 0.6) is 0 Å². The molecule has 0 aliphatic carbocycles. The lowest BCUT2D eigenvalue weighted by Gasteiger charge is -2.42. The monoisotopic (exact) mass is 547 g/mol. The number of hydrogen-bond acceptors (Lipinski definition) is 5. The van der Waals surface area contributed by atoms with Crippen molar-refractivity contribution < 1.29 is 27.5 Å². The van der Waals surface area contributed by atoms with Gasteiger partial charge < -0.3 is 19.9 Å². The summed E-state index contributed by atoms with van der Waals surface area (Å²) in [6.07, 6.45) is 5.17. The molecule has 2 heterocycles. The van der Waals surface area contributed by atoms with Gasteiger partial charge in [-0.3, -0.25) is 9.59 Å². The highest BCUT2D eigenvalue weighted by Gasteiger charge is 2.33. The van der Waals surface area contributed by atoms with Gasteiger partial charge >= 0.3 is 5.51 Å². The van der Waals surface area contributed by atoms with Crippen molar-refractivity contribution in [1.82, 2.24) is 15.1 Å². The molecule has 6 nitrogen and oxygen atoms in total. The van der Waals surface area contributed by atoms with Crippen LogP contribution in [0.1, 0.15) is 39.6 Å². The van der Waals surface area contributed by atoms with Gasteiger partial charge in [0.05, 0.1) is 6.61 Å². The van der Waals surface area contributed by atoms with E-state index >= 15 is 0 Å². The number of carbonyl (C=O) groups excluding carboxylic acids is 2. The lowest BCUT2D eigenvalue weighted by Crippen LogP contribution is -2.54. The van der Waals surface area contributed by atoms with Gasteiger partial charge in [-0.05, 0) is 78.4 Å². The van der Waals surface area contributed by atoms with E-state index in [0.717, 1.165) is 29.0 Å². The molecule has 2 aromatic rings. The Morgan fingerprint density at radius 2 is 1.84 bits per heavy atom. The molecular weight excluding hydrogens is 515 g/mol. The molecule has 0 spiro atoms. The summed E-state index contributed by atoms with van der Waals surface area (Å²) in [6.45, 7) is 6.94.